The van der Waals surface area contributed by atoms with Crippen LogP contribution in [0, 0.1) is 5.92 Å². The normalized spacial score (nSPS) is 21.3. The van der Waals surface area contributed by atoms with Gasteiger partial charge in [-0.2, -0.15) is 8.42 Å². The number of allylic oxidation sites excluding steroid dienone is 2. The second-order valence-corrected chi connectivity index (χ2v) is 4.03. The van der Waals surface area contributed by atoms with Crippen molar-refractivity contribution in [2.75, 3.05) is 0 Å². The highest BCUT2D eigenvalue weighted by Crippen LogP contribution is 2.22. The van der Waals surface area contributed by atoms with Crippen LogP contribution >= 0.6 is 0 Å². The maximum atomic E-state index is 10.7. The Balaban J connectivity index is 3.31. The Kier molecular flexibility index (Phi) is 2.90. The monoisotopic (exact) mass is 214 g/mol. The molecule has 14 heavy (non-hydrogen) atoms. The van der Waals surface area contributed by atoms with E-state index in [-0.39, 0.29) is 16.4 Å². The molecule has 0 spiro atoms. The van der Waals surface area contributed by atoms with Crippen molar-refractivity contribution in [1.82, 2.24) is 0 Å². The van der Waals surface area contributed by atoms with E-state index in [2.05, 4.69) is 0 Å². The highest BCUT2D eigenvalue weighted by Gasteiger charge is 2.21. The molecule has 0 aromatic carbocycles. The molecule has 0 aliphatic heterocycles. The van der Waals surface area contributed by atoms with Crippen LogP contribution in [0.3, 0.4) is 0 Å². The first kappa shape index (κ1) is 10.7. The number of carboxylic acid groups (broad SMARTS) is 1. The summed E-state index contributed by atoms with van der Waals surface area (Å²) < 4.78 is 21.5. The van der Waals surface area contributed by atoms with Crippen LogP contribution in [-0.2, 0) is 15.1 Å². The third-order valence-corrected chi connectivity index (χ3v) is 3.21. The van der Waals surface area contributed by atoms with E-state index in [1.165, 1.54) is 12.2 Å². The molecule has 1 unspecified atom stereocenters. The minimum absolute atomic E-state index is 0.173. The second-order valence-electron chi connectivity index (χ2n) is 3.09. The highest BCUT2D eigenvalue weighted by molar-refractivity contribution is 7.73. The molecular weight excluding hydrogens is 204 g/mol. The predicted octanol–water partition coefficient (Wildman–Crippen LogP) is 0.645. The third-order valence-electron chi connectivity index (χ3n) is 2.34. The molecule has 0 saturated heterocycles. The van der Waals surface area contributed by atoms with E-state index in [0.717, 1.165) is 0 Å². The van der Waals surface area contributed by atoms with E-state index in [0.29, 0.717) is 5.57 Å². The van der Waals surface area contributed by atoms with Crippen molar-refractivity contribution in [3.8, 4) is 0 Å². The van der Waals surface area contributed by atoms with Gasteiger partial charge >= 0.3 is 5.97 Å². The zero-order valence-electron chi connectivity index (χ0n) is 7.81. The van der Waals surface area contributed by atoms with Crippen molar-refractivity contribution in [2.45, 2.75) is 13.8 Å². The number of carboxylic acids is 1. The van der Waals surface area contributed by atoms with Crippen molar-refractivity contribution in [1.29, 1.82) is 0 Å². The van der Waals surface area contributed by atoms with E-state index in [4.69, 9.17) is 5.11 Å². The van der Waals surface area contributed by atoms with Gasteiger partial charge in [-0.25, -0.2) is 4.79 Å². The standard InChI is InChI=1S/C9H10O4S/c1-5-6(2)8(14(12)13)4-3-7(5)9(10)11/h3-4,6H,1-2H3,(H,10,11). The zero-order valence-corrected chi connectivity index (χ0v) is 8.63. The number of hydrogen-bond acceptors (Lipinski definition) is 3. The Morgan fingerprint density at radius 3 is 2.43 bits per heavy atom. The summed E-state index contributed by atoms with van der Waals surface area (Å²) in [5.41, 5.74) is 0.742. The van der Waals surface area contributed by atoms with Gasteiger partial charge in [-0.15, -0.1) is 0 Å². The van der Waals surface area contributed by atoms with Gasteiger partial charge in [-0.1, -0.05) is 12.5 Å². The molecule has 76 valence electrons. The van der Waals surface area contributed by atoms with Gasteiger partial charge in [-0.05, 0) is 19.1 Å². The summed E-state index contributed by atoms with van der Waals surface area (Å²) in [6.45, 7) is 3.30. The molecule has 0 bridgehead atoms. The summed E-state index contributed by atoms with van der Waals surface area (Å²) >= 11 is 0. The molecule has 1 atom stereocenters. The Hall–Kier alpha value is -1.36. The van der Waals surface area contributed by atoms with Crippen molar-refractivity contribution >= 4 is 21.1 Å². The molecule has 1 aliphatic carbocycles. The van der Waals surface area contributed by atoms with Gasteiger partial charge in [0.2, 0.25) is 10.3 Å². The fourth-order valence-corrected chi connectivity index (χ4v) is 1.97. The first-order chi connectivity index (χ1) is 6.45. The third kappa shape index (κ3) is 1.77. The fourth-order valence-electron chi connectivity index (χ4n) is 1.33. The quantitative estimate of drug-likeness (QED) is 0.650. The fraction of sp³-hybridized carbons (Fsp3) is 0.333. The first-order valence-electron chi connectivity index (χ1n) is 4.03. The average molecular weight is 214 g/mol. The van der Waals surface area contributed by atoms with Gasteiger partial charge in [-0.3, -0.25) is 0 Å². The topological polar surface area (TPSA) is 71.4 Å². The molecule has 4 nitrogen and oxygen atoms in total. The van der Waals surface area contributed by atoms with Crippen molar-refractivity contribution in [2.24, 2.45) is 5.92 Å². The Labute approximate surface area is 83.1 Å². The lowest BCUT2D eigenvalue weighted by atomic mass is 9.89. The van der Waals surface area contributed by atoms with Gasteiger partial charge in [0.05, 0.1) is 10.4 Å². The molecule has 0 fully saturated rings. The van der Waals surface area contributed by atoms with Crippen LogP contribution in [0.1, 0.15) is 13.8 Å². The van der Waals surface area contributed by atoms with Crippen molar-refractivity contribution in [3.05, 3.63) is 23.3 Å². The van der Waals surface area contributed by atoms with E-state index in [9.17, 15) is 13.2 Å². The molecule has 0 aromatic rings. The van der Waals surface area contributed by atoms with Gasteiger partial charge in [0.25, 0.3) is 0 Å². The summed E-state index contributed by atoms with van der Waals surface area (Å²) in [5, 5.41) is 8.78. The summed E-state index contributed by atoms with van der Waals surface area (Å²) in [6, 6.07) is 0. The lowest BCUT2D eigenvalue weighted by Crippen LogP contribution is -2.18. The Bertz CT molecular complexity index is 457. The zero-order chi connectivity index (χ0) is 10.9. The average Bonchev–Trinajstić information content (AvgIpc) is 2.08. The van der Waals surface area contributed by atoms with Gasteiger partial charge in [0, 0.05) is 5.92 Å². The maximum absolute atomic E-state index is 10.7. The van der Waals surface area contributed by atoms with Gasteiger partial charge in [0.15, 0.2) is 0 Å². The lowest BCUT2D eigenvalue weighted by molar-refractivity contribution is -0.132. The van der Waals surface area contributed by atoms with Crippen LogP contribution in [0.5, 0.6) is 0 Å². The van der Waals surface area contributed by atoms with Crippen LogP contribution in [0.25, 0.3) is 0 Å². The lowest BCUT2D eigenvalue weighted by Gasteiger charge is -2.16. The molecule has 0 heterocycles. The van der Waals surface area contributed by atoms with Crippen molar-refractivity contribution < 1.29 is 18.3 Å². The van der Waals surface area contributed by atoms with E-state index in [1.807, 2.05) is 0 Å². The number of aliphatic carboxylic acids is 1. The van der Waals surface area contributed by atoms with Gasteiger partial charge < -0.3 is 5.11 Å². The van der Waals surface area contributed by atoms with Gasteiger partial charge in [0.1, 0.15) is 0 Å². The SMILES string of the molecule is CC1=C(C(=O)O)C=CC(=S(=O)=O)C1C. The number of rotatable bonds is 1. The van der Waals surface area contributed by atoms with Crippen LogP contribution in [0.2, 0.25) is 0 Å². The summed E-state index contributed by atoms with van der Waals surface area (Å²) in [5.74, 6) is -1.38. The molecule has 0 radical (unpaired) electrons. The molecule has 0 amide bonds. The van der Waals surface area contributed by atoms with Crippen LogP contribution in [-0.4, -0.2) is 24.4 Å². The summed E-state index contributed by atoms with van der Waals surface area (Å²) in [4.78, 5) is 10.9. The number of carbonyl (C=O) groups is 1. The first-order valence-corrected chi connectivity index (χ1v) is 5.11. The minimum Gasteiger partial charge on any atom is -0.478 e. The van der Waals surface area contributed by atoms with E-state index >= 15 is 0 Å². The Morgan fingerprint density at radius 2 is 2.00 bits per heavy atom. The predicted molar refractivity (Wildman–Crippen MR) is 52.6 cm³/mol. The molecule has 1 aliphatic rings. The molecule has 0 saturated carbocycles. The van der Waals surface area contributed by atoms with E-state index < -0.39 is 16.3 Å². The molecular formula is C9H10O4S. The van der Waals surface area contributed by atoms with E-state index in [1.54, 1.807) is 13.8 Å². The number of hydrogen-bond donors (Lipinski definition) is 1. The summed E-state index contributed by atoms with van der Waals surface area (Å²) in [6.07, 6.45) is 2.66. The Morgan fingerprint density at radius 1 is 1.43 bits per heavy atom. The van der Waals surface area contributed by atoms with Crippen LogP contribution in [0.4, 0.5) is 0 Å². The van der Waals surface area contributed by atoms with Crippen LogP contribution in [0.15, 0.2) is 23.3 Å². The maximum Gasteiger partial charge on any atom is 0.335 e. The molecule has 5 heteroatoms. The van der Waals surface area contributed by atoms with Crippen molar-refractivity contribution in [3.63, 3.8) is 0 Å². The largest absolute Gasteiger partial charge is 0.478 e. The highest BCUT2D eigenvalue weighted by atomic mass is 32.2. The smallest absolute Gasteiger partial charge is 0.335 e. The molecule has 0 aromatic heterocycles. The minimum atomic E-state index is -2.28. The summed E-state index contributed by atoms with van der Waals surface area (Å²) in [7, 11) is -2.28. The second kappa shape index (κ2) is 3.79. The molecule has 1 N–H and O–H groups in total. The van der Waals surface area contributed by atoms with Crippen LogP contribution < -0.4 is 0 Å². The molecule has 1 rings (SSSR count).